The quantitative estimate of drug-likeness (QED) is 0.396. The number of imide groups is 1. The molecule has 0 aliphatic carbocycles. The highest BCUT2D eigenvalue weighted by Gasteiger charge is 2.29. The largest absolute Gasteiger partial charge is 0.354 e. The van der Waals surface area contributed by atoms with Gasteiger partial charge in [-0.25, -0.2) is 9.97 Å². The number of carbonyl (C=O) groups is 3. The highest BCUT2D eigenvalue weighted by atomic mass is 32.2. The Balaban J connectivity index is 1.38. The number of amides is 3. The lowest BCUT2D eigenvalue weighted by molar-refractivity contribution is -0.125. The van der Waals surface area contributed by atoms with E-state index in [9.17, 15) is 14.4 Å². The highest BCUT2D eigenvalue weighted by molar-refractivity contribution is 8.14. The van der Waals surface area contributed by atoms with Crippen LogP contribution in [-0.4, -0.2) is 56.5 Å². The summed E-state index contributed by atoms with van der Waals surface area (Å²) in [5.41, 5.74) is 1.69. The van der Waals surface area contributed by atoms with Gasteiger partial charge in [0, 0.05) is 24.2 Å². The topological polar surface area (TPSA) is 104 Å². The lowest BCUT2D eigenvalue weighted by atomic mass is 10.2. The molecule has 8 nitrogen and oxygen atoms in total. The smallest absolute Gasteiger partial charge is 0.288 e. The minimum absolute atomic E-state index is 0.125. The van der Waals surface area contributed by atoms with Gasteiger partial charge < -0.3 is 10.6 Å². The van der Waals surface area contributed by atoms with Crippen LogP contribution in [0.3, 0.4) is 0 Å². The van der Waals surface area contributed by atoms with E-state index in [1.807, 2.05) is 54.6 Å². The van der Waals surface area contributed by atoms with Crippen LogP contribution in [0.1, 0.15) is 0 Å². The van der Waals surface area contributed by atoms with Gasteiger partial charge in [0.2, 0.25) is 11.8 Å². The second kappa shape index (κ2) is 9.80. The van der Waals surface area contributed by atoms with E-state index in [-0.39, 0.29) is 41.6 Å². The van der Waals surface area contributed by atoms with E-state index in [4.69, 9.17) is 0 Å². The number of benzene rings is 2. The molecule has 4 rings (SSSR count). The average Bonchev–Trinajstić information content (AvgIpc) is 3.10. The van der Waals surface area contributed by atoms with Crippen LogP contribution in [0.25, 0.3) is 10.9 Å². The molecular weight excluding hydrogens is 434 g/mol. The Morgan fingerprint density at radius 2 is 1.84 bits per heavy atom. The first-order valence-corrected chi connectivity index (χ1v) is 11.5. The summed E-state index contributed by atoms with van der Waals surface area (Å²) in [5.74, 6) is 0.525. The summed E-state index contributed by atoms with van der Waals surface area (Å²) < 4.78 is 0. The lowest BCUT2D eigenvalue weighted by Crippen LogP contribution is -2.38. The van der Waals surface area contributed by atoms with Crippen molar-refractivity contribution in [1.82, 2.24) is 20.2 Å². The van der Waals surface area contributed by atoms with Gasteiger partial charge in [0.1, 0.15) is 5.82 Å². The maximum Gasteiger partial charge on any atom is 0.288 e. The third-order valence-electron chi connectivity index (χ3n) is 4.45. The van der Waals surface area contributed by atoms with E-state index in [1.54, 1.807) is 0 Å². The maximum absolute atomic E-state index is 12.2. The van der Waals surface area contributed by atoms with Crippen molar-refractivity contribution in [2.24, 2.45) is 0 Å². The second-order valence-corrected chi connectivity index (χ2v) is 8.47. The molecule has 1 aliphatic heterocycles. The fourth-order valence-electron chi connectivity index (χ4n) is 2.96. The Bertz CT molecular complexity index is 1110. The zero-order valence-electron chi connectivity index (χ0n) is 16.4. The number of carbonyl (C=O) groups excluding carboxylic acids is 3. The van der Waals surface area contributed by atoms with E-state index in [0.717, 1.165) is 33.3 Å². The van der Waals surface area contributed by atoms with Crippen LogP contribution in [0, 0.1) is 0 Å². The zero-order chi connectivity index (χ0) is 21.6. The standard InChI is InChI=1S/C21H19N5O3S2/c27-17(22-10-11-26-18(28)13-31-21(26)29)12-30-20-24-16-9-5-4-8-15(16)19(25-20)23-14-6-2-1-3-7-14/h1-9H,10-13H2,(H,22,27)(H,23,24,25). The molecule has 0 atom stereocenters. The third-order valence-corrected chi connectivity index (χ3v) is 6.16. The van der Waals surface area contributed by atoms with Gasteiger partial charge in [-0.1, -0.05) is 53.9 Å². The SMILES string of the molecule is O=C(CSc1nc(Nc2ccccc2)c2ccccc2n1)NCCN1C(=O)CSC1=O. The first-order valence-electron chi connectivity index (χ1n) is 9.55. The Hall–Kier alpha value is -3.11. The monoisotopic (exact) mass is 453 g/mol. The van der Waals surface area contributed by atoms with Gasteiger partial charge in [-0.05, 0) is 24.3 Å². The third kappa shape index (κ3) is 5.33. The number of nitrogens with one attached hydrogen (secondary N) is 2. The Morgan fingerprint density at radius 1 is 1.06 bits per heavy atom. The molecule has 2 aromatic carbocycles. The average molecular weight is 454 g/mol. The van der Waals surface area contributed by atoms with Crippen LogP contribution in [0.5, 0.6) is 0 Å². The van der Waals surface area contributed by atoms with Crippen molar-refractivity contribution in [1.29, 1.82) is 0 Å². The minimum Gasteiger partial charge on any atom is -0.354 e. The Labute approximate surface area is 187 Å². The van der Waals surface area contributed by atoms with Crippen molar-refractivity contribution in [3.05, 3.63) is 54.6 Å². The summed E-state index contributed by atoms with van der Waals surface area (Å²) in [6.45, 7) is 0.398. The number of nitrogens with zero attached hydrogens (tertiary/aromatic N) is 3. The summed E-state index contributed by atoms with van der Waals surface area (Å²) in [7, 11) is 0. The maximum atomic E-state index is 12.2. The van der Waals surface area contributed by atoms with Crippen molar-refractivity contribution in [2.45, 2.75) is 5.16 Å². The Kier molecular flexibility index (Phi) is 6.68. The number of para-hydroxylation sites is 2. The van der Waals surface area contributed by atoms with Gasteiger partial charge in [0.15, 0.2) is 5.16 Å². The van der Waals surface area contributed by atoms with Crippen molar-refractivity contribution >= 4 is 63.0 Å². The molecule has 2 heterocycles. The molecule has 0 spiro atoms. The normalized spacial score (nSPS) is 13.6. The highest BCUT2D eigenvalue weighted by Crippen LogP contribution is 2.26. The fourth-order valence-corrected chi connectivity index (χ4v) is 4.39. The molecule has 158 valence electrons. The molecular formula is C21H19N5O3S2. The number of aromatic nitrogens is 2. The van der Waals surface area contributed by atoms with Gasteiger partial charge in [-0.3, -0.25) is 19.3 Å². The molecule has 2 N–H and O–H groups in total. The molecule has 10 heteroatoms. The van der Waals surface area contributed by atoms with Crippen LogP contribution in [0.2, 0.25) is 0 Å². The molecule has 3 amide bonds. The summed E-state index contributed by atoms with van der Waals surface area (Å²) in [6.07, 6.45) is 0. The summed E-state index contributed by atoms with van der Waals surface area (Å²) in [4.78, 5) is 45.6. The molecule has 3 aromatic rings. The number of fused-ring (bicyclic) bond motifs is 1. The van der Waals surface area contributed by atoms with Gasteiger partial charge in [-0.15, -0.1) is 0 Å². The van der Waals surface area contributed by atoms with Crippen LogP contribution in [0.15, 0.2) is 59.8 Å². The van der Waals surface area contributed by atoms with E-state index < -0.39 is 0 Å². The molecule has 0 bridgehead atoms. The van der Waals surface area contributed by atoms with Crippen LogP contribution in [-0.2, 0) is 9.59 Å². The fraction of sp³-hybridized carbons (Fsp3) is 0.190. The van der Waals surface area contributed by atoms with E-state index in [0.29, 0.717) is 11.0 Å². The molecule has 1 saturated heterocycles. The van der Waals surface area contributed by atoms with Gasteiger partial charge in [-0.2, -0.15) is 0 Å². The van der Waals surface area contributed by atoms with Gasteiger partial charge in [0.25, 0.3) is 5.24 Å². The minimum atomic E-state index is -0.267. The molecule has 1 aliphatic rings. The van der Waals surface area contributed by atoms with E-state index in [2.05, 4.69) is 20.6 Å². The molecule has 0 saturated carbocycles. The number of hydrogen-bond donors (Lipinski definition) is 2. The van der Waals surface area contributed by atoms with Crippen molar-refractivity contribution in [2.75, 3.05) is 29.9 Å². The van der Waals surface area contributed by atoms with Crippen LogP contribution in [0.4, 0.5) is 16.3 Å². The Morgan fingerprint density at radius 3 is 2.61 bits per heavy atom. The van der Waals surface area contributed by atoms with Crippen molar-refractivity contribution < 1.29 is 14.4 Å². The van der Waals surface area contributed by atoms with Crippen LogP contribution >= 0.6 is 23.5 Å². The van der Waals surface area contributed by atoms with Crippen molar-refractivity contribution in [3.8, 4) is 0 Å². The molecule has 1 fully saturated rings. The summed E-state index contributed by atoms with van der Waals surface area (Å²) >= 11 is 2.21. The predicted molar refractivity (Wildman–Crippen MR) is 123 cm³/mol. The molecule has 1 aromatic heterocycles. The lowest BCUT2D eigenvalue weighted by Gasteiger charge is -2.13. The number of thioether (sulfide) groups is 2. The molecule has 0 unspecified atom stereocenters. The molecule has 0 radical (unpaired) electrons. The second-order valence-electron chi connectivity index (χ2n) is 6.60. The summed E-state index contributed by atoms with van der Waals surface area (Å²) in [6, 6.07) is 17.4. The van der Waals surface area contributed by atoms with Crippen LogP contribution < -0.4 is 10.6 Å². The van der Waals surface area contributed by atoms with Gasteiger partial charge >= 0.3 is 0 Å². The number of hydrogen-bond acceptors (Lipinski definition) is 8. The van der Waals surface area contributed by atoms with Crippen molar-refractivity contribution in [3.63, 3.8) is 0 Å². The van der Waals surface area contributed by atoms with E-state index in [1.165, 1.54) is 11.8 Å². The first-order chi connectivity index (χ1) is 15.1. The molecule has 31 heavy (non-hydrogen) atoms. The number of anilines is 2. The zero-order valence-corrected chi connectivity index (χ0v) is 18.0. The predicted octanol–water partition coefficient (Wildman–Crippen LogP) is 3.28. The van der Waals surface area contributed by atoms with Gasteiger partial charge in [0.05, 0.1) is 17.0 Å². The first kappa shape index (κ1) is 21.1. The van der Waals surface area contributed by atoms with E-state index >= 15 is 0 Å². The number of rotatable bonds is 8. The summed E-state index contributed by atoms with van der Waals surface area (Å²) in [5, 5.41) is 7.14.